The van der Waals surface area contributed by atoms with Crippen molar-refractivity contribution in [2.24, 2.45) is 11.7 Å². The maximum atomic E-state index is 11.8. The summed E-state index contributed by atoms with van der Waals surface area (Å²) in [4.78, 5) is 13.7. The molecule has 0 bridgehead atoms. The molecule has 2 unspecified atom stereocenters. The highest BCUT2D eigenvalue weighted by Crippen LogP contribution is 2.31. The van der Waals surface area contributed by atoms with E-state index in [0.29, 0.717) is 25.0 Å². The van der Waals surface area contributed by atoms with Crippen LogP contribution >= 0.6 is 0 Å². The summed E-state index contributed by atoms with van der Waals surface area (Å²) in [6, 6.07) is 0.00445. The minimum atomic E-state index is 0.00445. The van der Waals surface area contributed by atoms with Crippen LogP contribution in [0.15, 0.2) is 0 Å². The van der Waals surface area contributed by atoms with Gasteiger partial charge >= 0.3 is 0 Å². The van der Waals surface area contributed by atoms with Crippen molar-refractivity contribution in [3.05, 3.63) is 0 Å². The zero-order chi connectivity index (χ0) is 10.1. The van der Waals surface area contributed by atoms with E-state index in [4.69, 9.17) is 10.5 Å². The molecular weight excluding hydrogens is 180 g/mol. The SMILES string of the molecule is CC(N)C1CN(C(=O)C2CC2)CCO1. The van der Waals surface area contributed by atoms with Crippen LogP contribution in [0.25, 0.3) is 0 Å². The van der Waals surface area contributed by atoms with E-state index in [-0.39, 0.29) is 12.1 Å². The Morgan fingerprint density at radius 3 is 2.86 bits per heavy atom. The van der Waals surface area contributed by atoms with Gasteiger partial charge in [-0.05, 0) is 19.8 Å². The van der Waals surface area contributed by atoms with Crippen molar-refractivity contribution in [2.45, 2.75) is 31.9 Å². The Balaban J connectivity index is 1.89. The van der Waals surface area contributed by atoms with E-state index < -0.39 is 0 Å². The van der Waals surface area contributed by atoms with Crippen LogP contribution < -0.4 is 5.73 Å². The smallest absolute Gasteiger partial charge is 0.225 e. The van der Waals surface area contributed by atoms with Crippen molar-refractivity contribution in [3.63, 3.8) is 0 Å². The van der Waals surface area contributed by atoms with Gasteiger partial charge in [0.1, 0.15) is 0 Å². The number of hydrogen-bond acceptors (Lipinski definition) is 3. The maximum Gasteiger partial charge on any atom is 0.225 e. The van der Waals surface area contributed by atoms with Crippen molar-refractivity contribution in [1.29, 1.82) is 0 Å². The Bertz CT molecular complexity index is 226. The molecule has 2 fully saturated rings. The molecule has 0 aromatic rings. The van der Waals surface area contributed by atoms with Crippen molar-refractivity contribution >= 4 is 5.91 Å². The highest BCUT2D eigenvalue weighted by Gasteiger charge is 2.36. The van der Waals surface area contributed by atoms with Crippen LogP contribution in [0.3, 0.4) is 0 Å². The van der Waals surface area contributed by atoms with Gasteiger partial charge in [0.15, 0.2) is 0 Å². The van der Waals surface area contributed by atoms with Gasteiger partial charge in [-0.25, -0.2) is 0 Å². The van der Waals surface area contributed by atoms with Crippen LogP contribution in [0.1, 0.15) is 19.8 Å². The first kappa shape index (κ1) is 9.93. The minimum absolute atomic E-state index is 0.00445. The molecule has 0 aromatic heterocycles. The molecule has 2 atom stereocenters. The first-order valence-electron chi connectivity index (χ1n) is 5.34. The molecule has 2 rings (SSSR count). The topological polar surface area (TPSA) is 55.6 Å². The van der Waals surface area contributed by atoms with E-state index in [9.17, 15) is 4.79 Å². The highest BCUT2D eigenvalue weighted by molar-refractivity contribution is 5.81. The van der Waals surface area contributed by atoms with Gasteiger partial charge in [0.2, 0.25) is 5.91 Å². The Morgan fingerprint density at radius 1 is 1.57 bits per heavy atom. The van der Waals surface area contributed by atoms with Gasteiger partial charge in [0, 0.05) is 25.0 Å². The van der Waals surface area contributed by atoms with Crippen LogP contribution in [0, 0.1) is 5.92 Å². The molecule has 0 aromatic carbocycles. The molecule has 0 spiro atoms. The molecule has 1 aliphatic carbocycles. The van der Waals surface area contributed by atoms with Gasteiger partial charge < -0.3 is 15.4 Å². The van der Waals surface area contributed by atoms with Crippen molar-refractivity contribution in [2.75, 3.05) is 19.7 Å². The first-order valence-corrected chi connectivity index (χ1v) is 5.34. The summed E-state index contributed by atoms with van der Waals surface area (Å²) in [7, 11) is 0. The number of ether oxygens (including phenoxy) is 1. The second-order valence-corrected chi connectivity index (χ2v) is 4.33. The molecule has 1 heterocycles. The number of rotatable bonds is 2. The fraction of sp³-hybridized carbons (Fsp3) is 0.900. The lowest BCUT2D eigenvalue weighted by atomic mass is 10.1. The van der Waals surface area contributed by atoms with E-state index in [1.807, 2.05) is 11.8 Å². The number of nitrogens with two attached hydrogens (primary N) is 1. The molecule has 0 radical (unpaired) electrons. The van der Waals surface area contributed by atoms with Gasteiger partial charge in [-0.3, -0.25) is 4.79 Å². The molecule has 4 heteroatoms. The third kappa shape index (κ3) is 2.07. The second kappa shape index (κ2) is 3.87. The quantitative estimate of drug-likeness (QED) is 0.678. The van der Waals surface area contributed by atoms with Gasteiger partial charge in [0.05, 0.1) is 12.7 Å². The van der Waals surface area contributed by atoms with Gasteiger partial charge in [0.25, 0.3) is 0 Å². The zero-order valence-corrected chi connectivity index (χ0v) is 8.61. The van der Waals surface area contributed by atoms with E-state index in [0.717, 1.165) is 19.4 Å². The average Bonchev–Trinajstić information content (AvgIpc) is 3.00. The molecule has 2 N–H and O–H groups in total. The molecule has 14 heavy (non-hydrogen) atoms. The molecule has 80 valence electrons. The average molecular weight is 198 g/mol. The monoisotopic (exact) mass is 198 g/mol. The summed E-state index contributed by atoms with van der Waals surface area (Å²) in [6.45, 7) is 3.96. The lowest BCUT2D eigenvalue weighted by molar-refractivity contribution is -0.140. The van der Waals surface area contributed by atoms with Gasteiger partial charge in [-0.1, -0.05) is 0 Å². The molecular formula is C10H18N2O2. The van der Waals surface area contributed by atoms with Crippen LogP contribution in [0.2, 0.25) is 0 Å². The highest BCUT2D eigenvalue weighted by atomic mass is 16.5. The van der Waals surface area contributed by atoms with Crippen LogP contribution in [0.5, 0.6) is 0 Å². The Kier molecular flexibility index (Phi) is 2.74. The standard InChI is InChI=1S/C10H18N2O2/c1-7(11)9-6-12(4-5-14-9)10(13)8-2-3-8/h7-9H,2-6,11H2,1H3. The summed E-state index contributed by atoms with van der Waals surface area (Å²) < 4.78 is 5.50. The van der Waals surface area contributed by atoms with Crippen LogP contribution in [-0.4, -0.2) is 42.6 Å². The fourth-order valence-corrected chi connectivity index (χ4v) is 1.78. The van der Waals surface area contributed by atoms with Crippen LogP contribution in [-0.2, 0) is 9.53 Å². The Hall–Kier alpha value is -0.610. The molecule has 1 aliphatic heterocycles. The van der Waals surface area contributed by atoms with Gasteiger partial charge in [-0.2, -0.15) is 0 Å². The number of carbonyl (C=O) groups is 1. The summed E-state index contributed by atoms with van der Waals surface area (Å²) >= 11 is 0. The third-order valence-electron chi connectivity index (χ3n) is 2.92. The van der Waals surface area contributed by atoms with E-state index in [1.165, 1.54) is 0 Å². The predicted octanol–water partition coefficient (Wildman–Crippen LogP) is -0.0290. The largest absolute Gasteiger partial charge is 0.373 e. The number of carbonyl (C=O) groups excluding carboxylic acids is 1. The van der Waals surface area contributed by atoms with Crippen molar-refractivity contribution < 1.29 is 9.53 Å². The summed E-state index contributed by atoms with van der Waals surface area (Å²) in [6.07, 6.45) is 2.16. The van der Waals surface area contributed by atoms with E-state index in [1.54, 1.807) is 0 Å². The van der Waals surface area contributed by atoms with E-state index >= 15 is 0 Å². The molecule has 1 amide bonds. The Morgan fingerprint density at radius 2 is 2.29 bits per heavy atom. The molecule has 1 saturated carbocycles. The number of morpholine rings is 1. The zero-order valence-electron chi connectivity index (χ0n) is 8.61. The van der Waals surface area contributed by atoms with E-state index in [2.05, 4.69) is 0 Å². The Labute approximate surface area is 84.4 Å². The molecule has 1 saturated heterocycles. The normalized spacial score (nSPS) is 30.1. The maximum absolute atomic E-state index is 11.8. The number of nitrogens with zero attached hydrogens (tertiary/aromatic N) is 1. The first-order chi connectivity index (χ1) is 6.68. The van der Waals surface area contributed by atoms with Crippen molar-refractivity contribution in [1.82, 2.24) is 4.90 Å². The lowest BCUT2D eigenvalue weighted by Crippen LogP contribution is -2.51. The number of amides is 1. The summed E-state index contributed by atoms with van der Waals surface area (Å²) in [5.74, 6) is 0.612. The third-order valence-corrected chi connectivity index (χ3v) is 2.92. The predicted molar refractivity (Wildman–Crippen MR) is 52.7 cm³/mol. The van der Waals surface area contributed by atoms with Crippen LogP contribution in [0.4, 0.5) is 0 Å². The van der Waals surface area contributed by atoms with Gasteiger partial charge in [-0.15, -0.1) is 0 Å². The second-order valence-electron chi connectivity index (χ2n) is 4.33. The number of hydrogen-bond donors (Lipinski definition) is 1. The molecule has 2 aliphatic rings. The minimum Gasteiger partial charge on any atom is -0.373 e. The summed E-state index contributed by atoms with van der Waals surface area (Å²) in [5, 5.41) is 0. The van der Waals surface area contributed by atoms with Crippen molar-refractivity contribution in [3.8, 4) is 0 Å². The molecule has 4 nitrogen and oxygen atoms in total. The summed E-state index contributed by atoms with van der Waals surface area (Å²) in [5.41, 5.74) is 5.76. The lowest BCUT2D eigenvalue weighted by Gasteiger charge is -2.34. The fourth-order valence-electron chi connectivity index (χ4n) is 1.78.